The van der Waals surface area contributed by atoms with Gasteiger partial charge < -0.3 is 14.2 Å². The van der Waals surface area contributed by atoms with Crippen molar-refractivity contribution in [2.75, 3.05) is 13.2 Å². The first-order chi connectivity index (χ1) is 17.6. The average Bonchev–Trinajstić information content (AvgIpc) is 2.92. The van der Waals surface area contributed by atoms with Crippen molar-refractivity contribution in [2.24, 2.45) is 5.92 Å². The van der Waals surface area contributed by atoms with Gasteiger partial charge in [0.05, 0.1) is 18.8 Å². The summed E-state index contributed by atoms with van der Waals surface area (Å²) < 4.78 is 17.1. The number of ether oxygens (including phenoxy) is 3. The normalized spacial score (nSPS) is 11.5. The third kappa shape index (κ3) is 8.92. The van der Waals surface area contributed by atoms with Crippen LogP contribution in [0.25, 0.3) is 11.1 Å². The second-order valence-electron chi connectivity index (χ2n) is 9.10. The largest absolute Gasteiger partial charge is 0.494 e. The molecule has 0 saturated heterocycles. The van der Waals surface area contributed by atoms with E-state index in [4.69, 9.17) is 14.2 Å². The smallest absolute Gasteiger partial charge is 0.343 e. The highest BCUT2D eigenvalue weighted by Gasteiger charge is 2.10. The fourth-order valence-electron chi connectivity index (χ4n) is 3.72. The van der Waals surface area contributed by atoms with Crippen molar-refractivity contribution in [3.63, 3.8) is 0 Å². The summed E-state index contributed by atoms with van der Waals surface area (Å²) in [6, 6.07) is 22.6. The topological polar surface area (TPSA) is 44.8 Å². The fraction of sp³-hybridized carbons (Fsp3) is 0.344. The molecule has 0 spiro atoms. The molecule has 0 bridgehead atoms. The number of unbranched alkanes of at least 4 members (excludes halogenated alkanes) is 2. The quantitative estimate of drug-likeness (QED) is 0.0934. The number of hydrogen-bond acceptors (Lipinski definition) is 4. The van der Waals surface area contributed by atoms with Crippen LogP contribution in [0.2, 0.25) is 0 Å². The van der Waals surface area contributed by atoms with E-state index in [9.17, 15) is 4.79 Å². The maximum Gasteiger partial charge on any atom is 0.343 e. The molecule has 0 N–H and O–H groups in total. The van der Waals surface area contributed by atoms with E-state index in [1.807, 2.05) is 54.6 Å². The maximum absolute atomic E-state index is 12.6. The van der Waals surface area contributed by atoms with Crippen molar-refractivity contribution in [1.29, 1.82) is 0 Å². The van der Waals surface area contributed by atoms with Gasteiger partial charge >= 0.3 is 5.97 Å². The molecule has 3 aromatic carbocycles. The molecular formula is C32H38O4. The van der Waals surface area contributed by atoms with Crippen molar-refractivity contribution in [3.05, 3.63) is 91.0 Å². The number of hydrogen-bond donors (Lipinski definition) is 0. The highest BCUT2D eigenvalue weighted by molar-refractivity contribution is 5.91. The van der Waals surface area contributed by atoms with Crippen molar-refractivity contribution >= 4 is 5.97 Å². The Bertz CT molecular complexity index is 1050. The van der Waals surface area contributed by atoms with Crippen LogP contribution in [-0.4, -0.2) is 19.2 Å². The molecule has 3 aromatic rings. The van der Waals surface area contributed by atoms with E-state index in [0.29, 0.717) is 24.5 Å². The summed E-state index contributed by atoms with van der Waals surface area (Å²) in [4.78, 5) is 12.6. The van der Waals surface area contributed by atoms with Gasteiger partial charge in [-0.2, -0.15) is 0 Å². The monoisotopic (exact) mass is 486 g/mol. The van der Waals surface area contributed by atoms with Crippen LogP contribution in [-0.2, 0) is 0 Å². The maximum atomic E-state index is 12.6. The number of esters is 1. The van der Waals surface area contributed by atoms with Crippen LogP contribution >= 0.6 is 0 Å². The van der Waals surface area contributed by atoms with E-state index >= 15 is 0 Å². The van der Waals surface area contributed by atoms with Crippen LogP contribution in [0.1, 0.15) is 62.7 Å². The Morgan fingerprint density at radius 3 is 1.89 bits per heavy atom. The highest BCUT2D eigenvalue weighted by atomic mass is 16.5. The molecule has 0 aliphatic heterocycles. The molecule has 4 heteroatoms. The molecule has 0 amide bonds. The summed E-state index contributed by atoms with van der Waals surface area (Å²) in [5.74, 6) is 2.49. The van der Waals surface area contributed by atoms with Gasteiger partial charge in [0.1, 0.15) is 17.2 Å². The molecule has 0 heterocycles. The minimum atomic E-state index is -0.385. The number of benzene rings is 3. The molecule has 0 aromatic heterocycles. The first-order valence-corrected chi connectivity index (χ1v) is 13.0. The second-order valence-corrected chi connectivity index (χ2v) is 9.10. The molecule has 0 unspecified atom stereocenters. The summed E-state index contributed by atoms with van der Waals surface area (Å²) in [6.07, 6.45) is 8.46. The molecular weight excluding hydrogens is 448 g/mol. The molecule has 0 radical (unpaired) electrons. The zero-order chi connectivity index (χ0) is 25.6. The molecule has 4 nitrogen and oxygen atoms in total. The number of rotatable bonds is 15. The lowest BCUT2D eigenvalue weighted by molar-refractivity contribution is 0.0734. The summed E-state index contributed by atoms with van der Waals surface area (Å²) in [7, 11) is 0. The van der Waals surface area contributed by atoms with E-state index in [1.165, 1.54) is 12.8 Å². The Morgan fingerprint density at radius 2 is 1.31 bits per heavy atom. The average molecular weight is 487 g/mol. The van der Waals surface area contributed by atoms with Gasteiger partial charge in [-0.05, 0) is 97.7 Å². The second kappa shape index (κ2) is 14.8. The summed E-state index contributed by atoms with van der Waals surface area (Å²) >= 11 is 0. The predicted molar refractivity (Wildman–Crippen MR) is 147 cm³/mol. The van der Waals surface area contributed by atoms with E-state index in [0.717, 1.165) is 54.2 Å². The minimum absolute atomic E-state index is 0.385. The van der Waals surface area contributed by atoms with Gasteiger partial charge in [-0.3, -0.25) is 0 Å². The lowest BCUT2D eigenvalue weighted by atomic mass is 10.0. The Kier molecular flexibility index (Phi) is 11.1. The Balaban J connectivity index is 1.47. The Labute approximate surface area is 215 Å². The van der Waals surface area contributed by atoms with E-state index in [-0.39, 0.29) is 5.97 Å². The number of carbonyl (C=O) groups excluding carboxylic acids is 1. The molecule has 0 fully saturated rings. The van der Waals surface area contributed by atoms with Crippen molar-refractivity contribution in [1.82, 2.24) is 0 Å². The lowest BCUT2D eigenvalue weighted by Crippen LogP contribution is -2.08. The zero-order valence-corrected chi connectivity index (χ0v) is 21.6. The lowest BCUT2D eigenvalue weighted by Gasteiger charge is -2.10. The predicted octanol–water partition coefficient (Wildman–Crippen LogP) is 8.51. The number of allylic oxidation sites excluding steroid dienone is 1. The Morgan fingerprint density at radius 1 is 0.778 bits per heavy atom. The highest BCUT2D eigenvalue weighted by Crippen LogP contribution is 2.24. The minimum Gasteiger partial charge on any atom is -0.494 e. The number of carbonyl (C=O) groups is 1. The third-order valence-electron chi connectivity index (χ3n) is 6.22. The van der Waals surface area contributed by atoms with Crippen LogP contribution in [0.4, 0.5) is 0 Å². The van der Waals surface area contributed by atoms with Crippen molar-refractivity contribution < 1.29 is 19.0 Å². The van der Waals surface area contributed by atoms with E-state index in [1.54, 1.807) is 24.3 Å². The molecule has 1 atom stereocenters. The van der Waals surface area contributed by atoms with E-state index in [2.05, 4.69) is 20.4 Å². The van der Waals surface area contributed by atoms with Crippen molar-refractivity contribution in [2.45, 2.75) is 52.4 Å². The molecule has 0 aliphatic carbocycles. The van der Waals surface area contributed by atoms with Gasteiger partial charge in [-0.15, -0.1) is 6.58 Å². The van der Waals surface area contributed by atoms with Gasteiger partial charge in [0.15, 0.2) is 0 Å². The summed E-state index contributed by atoms with van der Waals surface area (Å²) in [5.41, 5.74) is 2.59. The molecule has 190 valence electrons. The molecule has 0 aliphatic rings. The van der Waals surface area contributed by atoms with Gasteiger partial charge in [0.25, 0.3) is 0 Å². The van der Waals surface area contributed by atoms with Crippen LogP contribution in [0, 0.1) is 5.92 Å². The van der Waals surface area contributed by atoms with Crippen LogP contribution < -0.4 is 14.2 Å². The fourth-order valence-corrected chi connectivity index (χ4v) is 3.72. The molecule has 3 rings (SSSR count). The first-order valence-electron chi connectivity index (χ1n) is 13.0. The molecule has 36 heavy (non-hydrogen) atoms. The van der Waals surface area contributed by atoms with Crippen LogP contribution in [0.15, 0.2) is 85.5 Å². The van der Waals surface area contributed by atoms with E-state index < -0.39 is 0 Å². The zero-order valence-electron chi connectivity index (χ0n) is 21.6. The summed E-state index contributed by atoms with van der Waals surface area (Å²) in [5, 5.41) is 0. The molecule has 0 saturated carbocycles. The Hall–Kier alpha value is -3.53. The van der Waals surface area contributed by atoms with Gasteiger partial charge in [-0.1, -0.05) is 50.6 Å². The standard InChI is InChI=1S/C32H38O4/c1-4-6-7-8-23-34-29-17-15-27(16-18-29)26-11-13-28(14-12-26)32(33)36-31-21-19-30(20-22-31)35-24-9-10-25(3)5-2/h4,11-22,25H,1,5-10,23-24H2,2-3H3/t25-/m0/s1. The van der Waals surface area contributed by atoms with Crippen molar-refractivity contribution in [3.8, 4) is 28.4 Å². The van der Waals surface area contributed by atoms with Crippen LogP contribution in [0.5, 0.6) is 17.2 Å². The van der Waals surface area contributed by atoms with Gasteiger partial charge in [-0.25, -0.2) is 4.79 Å². The van der Waals surface area contributed by atoms with Crippen LogP contribution in [0.3, 0.4) is 0 Å². The van der Waals surface area contributed by atoms with Gasteiger partial charge in [0, 0.05) is 0 Å². The summed E-state index contributed by atoms with van der Waals surface area (Å²) in [6.45, 7) is 9.61. The first kappa shape index (κ1) is 27.1. The SMILES string of the molecule is C=CCCCCOc1ccc(-c2ccc(C(=O)Oc3ccc(OCCC[C@@H](C)CC)cc3)cc2)cc1. The third-order valence-corrected chi connectivity index (χ3v) is 6.22. The van der Waals surface area contributed by atoms with Gasteiger partial charge in [0.2, 0.25) is 0 Å².